The smallest absolute Gasteiger partial charge is 0.407 e. The van der Waals surface area contributed by atoms with E-state index in [9.17, 15) is 54.1 Å². The number of aliphatic hydroxyl groups is 2. The molecule has 0 aliphatic rings. The molecule has 3 amide bonds. The Morgan fingerprint density at radius 1 is 0.585 bits per heavy atom. The number of methoxy groups -OCH3 is 1. The zero-order chi connectivity index (χ0) is 68.8. The van der Waals surface area contributed by atoms with Crippen LogP contribution in [0.4, 0.5) is 4.79 Å². The summed E-state index contributed by atoms with van der Waals surface area (Å²) in [6.45, 7) is 8.11. The Kier molecular flexibility index (Phi) is 27.9. The van der Waals surface area contributed by atoms with E-state index in [1.54, 1.807) is 38.9 Å². The van der Waals surface area contributed by atoms with Crippen molar-refractivity contribution < 1.29 is 83.3 Å². The second-order valence-electron chi connectivity index (χ2n) is 21.9. The molecule has 8 aromatic rings. The van der Waals surface area contributed by atoms with Gasteiger partial charge in [0.05, 0.1) is 7.11 Å². The highest BCUT2D eigenvalue weighted by molar-refractivity contribution is 6.46. The standard InChI is InChI=1S/C32H34ClN5O9.C24H21ClN4O5.C7H15BClNO3/c1-18(2)28(35-32(44)45-3)31(43)46-17-47-38-26-15-22(11-12-25(26)36-37-38)29(40)34-24(16-27(39)30(41)42)13-19-7-9-20(10-8-19)21-5-4-6-23(33)14-21;25-18-3-1-2-16(11-18)15-6-4-14(5-7-15)10-19(13-22(30)24(32)33)26-23(31)17-8-9-20-21(12-17)29(34)28-27-20;1-5(2)6(10-8(3)12)7(11)13-4-9/h4-12,14-15,18,24,27-28,39H,13,16-17H2,1-3H3,(H,34,40)(H,35,44)(H,41,42);1-9,11-12,19,22,30,34H,10,13H2,(H,26,31)(H,32,33);5-6,10,12H,4H2,1-3H3/t24-,27-,28+;19-,22-;6-/m110/s1. The number of alkyl carbamates (subject to hydrolysis) is 1. The van der Waals surface area contributed by atoms with Crippen LogP contribution in [0.15, 0.2) is 133 Å². The summed E-state index contributed by atoms with van der Waals surface area (Å²) in [5.41, 5.74) is 7.15. The molecule has 27 nitrogen and oxygen atoms in total. The van der Waals surface area contributed by atoms with Crippen molar-refractivity contribution in [3.8, 4) is 22.3 Å². The fourth-order valence-electron chi connectivity index (χ4n) is 9.26. The Balaban J connectivity index is 0.000000259. The molecule has 10 N–H and O–H groups in total. The first-order valence-corrected chi connectivity index (χ1v) is 30.4. The van der Waals surface area contributed by atoms with Gasteiger partial charge >= 0.3 is 37.0 Å². The number of ether oxygens (including phenoxy) is 3. The van der Waals surface area contributed by atoms with E-state index in [0.29, 0.717) is 32.3 Å². The van der Waals surface area contributed by atoms with Crippen molar-refractivity contribution in [1.29, 1.82) is 0 Å². The lowest BCUT2D eigenvalue weighted by Gasteiger charge is -2.21. The summed E-state index contributed by atoms with van der Waals surface area (Å²) in [6, 6.07) is 35.9. The number of halogens is 3. The third-order valence-corrected chi connectivity index (χ3v) is 14.7. The quantitative estimate of drug-likeness (QED) is 0.00628. The van der Waals surface area contributed by atoms with E-state index in [0.717, 1.165) is 38.2 Å². The molecule has 94 heavy (non-hydrogen) atoms. The molecule has 6 aromatic carbocycles. The molecule has 0 radical (unpaired) electrons. The molecule has 0 aliphatic carbocycles. The van der Waals surface area contributed by atoms with Crippen LogP contribution in [-0.4, -0.2) is 166 Å². The van der Waals surface area contributed by atoms with Crippen LogP contribution >= 0.6 is 34.8 Å². The number of hydrogen-bond acceptors (Lipinski definition) is 20. The number of rotatable bonds is 27. The number of amides is 3. The molecule has 0 aliphatic heterocycles. The molecule has 0 spiro atoms. The van der Waals surface area contributed by atoms with Crippen LogP contribution in [0.25, 0.3) is 44.3 Å². The topological polar surface area (TPSA) is 387 Å². The zero-order valence-electron chi connectivity index (χ0n) is 51.6. The van der Waals surface area contributed by atoms with Crippen LogP contribution in [0.2, 0.25) is 16.9 Å². The van der Waals surface area contributed by atoms with E-state index < -0.39 is 92.0 Å². The Morgan fingerprint density at radius 3 is 1.48 bits per heavy atom. The number of carboxylic acid groups (broad SMARTS) is 2. The first-order valence-electron chi connectivity index (χ1n) is 29.1. The fourth-order valence-corrected chi connectivity index (χ4v) is 9.75. The van der Waals surface area contributed by atoms with E-state index in [4.69, 9.17) is 54.5 Å². The monoisotopic (exact) mass is 1350 g/mol. The number of esters is 2. The maximum Gasteiger partial charge on any atom is 0.407 e. The molecule has 2 aromatic heterocycles. The maximum absolute atomic E-state index is 13.3. The van der Waals surface area contributed by atoms with Crippen LogP contribution in [0.1, 0.15) is 72.4 Å². The molecule has 0 bridgehead atoms. The SMILES string of the molecule is CB(O)N[C@H](C(=O)OCCl)C(C)C.COC(=O)N[C@H](C(=O)OCOn1nnc2ccc(C(=O)N[C@H](Cc3ccc(-c4cccc(Cl)c4)cc3)C[C@@H](O)C(=O)O)cc21)C(C)C.O=C(N[C@H](Cc1ccc(-c2cccc(Cl)c2)cc1)C[C@@H](O)C(=O)O)c1ccc2nnn(O)c2c1. The van der Waals surface area contributed by atoms with Gasteiger partial charge in [-0.05, 0) is 136 Å². The Labute approximate surface area is 554 Å². The molecule has 0 fully saturated rings. The Bertz CT molecular complexity index is 3880. The number of fused-ring (bicyclic) bond motifs is 2. The van der Waals surface area contributed by atoms with Crippen molar-refractivity contribution in [2.75, 3.05) is 20.0 Å². The van der Waals surface area contributed by atoms with Crippen molar-refractivity contribution in [1.82, 2.24) is 51.5 Å². The van der Waals surface area contributed by atoms with Gasteiger partial charge in [0, 0.05) is 46.1 Å². The molecule has 0 saturated carbocycles. The number of benzene rings is 6. The number of aliphatic carboxylic acids is 2. The zero-order valence-corrected chi connectivity index (χ0v) is 53.9. The molecular weight excluding hydrogens is 1290 g/mol. The molecular formula is C63H70BCl3N10O17. The van der Waals surface area contributed by atoms with Gasteiger partial charge in [-0.1, -0.05) is 145 Å². The molecule has 0 saturated heterocycles. The van der Waals surface area contributed by atoms with Gasteiger partial charge in [0.2, 0.25) is 0 Å². The summed E-state index contributed by atoms with van der Waals surface area (Å²) in [4.78, 5) is 91.1. The lowest BCUT2D eigenvalue weighted by atomic mass is 9.85. The minimum Gasteiger partial charge on any atom is -0.479 e. The molecule has 8 rings (SSSR count). The normalized spacial score (nSPS) is 12.9. The van der Waals surface area contributed by atoms with Gasteiger partial charge in [-0.3, -0.25) is 14.4 Å². The van der Waals surface area contributed by atoms with Gasteiger partial charge in [-0.2, -0.15) is 0 Å². The van der Waals surface area contributed by atoms with Gasteiger partial charge < -0.3 is 70.9 Å². The van der Waals surface area contributed by atoms with Gasteiger partial charge in [0.25, 0.3) is 18.6 Å². The van der Waals surface area contributed by atoms with E-state index in [-0.39, 0.29) is 59.3 Å². The largest absolute Gasteiger partial charge is 0.479 e. The minimum atomic E-state index is -1.70. The Morgan fingerprint density at radius 2 is 1.04 bits per heavy atom. The Hall–Kier alpha value is -9.42. The first kappa shape index (κ1) is 73.6. The third kappa shape index (κ3) is 22.1. The summed E-state index contributed by atoms with van der Waals surface area (Å²) >= 11 is 17.4. The number of carbonyl (C=O) groups excluding carboxylic acids is 5. The highest BCUT2D eigenvalue weighted by Gasteiger charge is 2.29. The second-order valence-corrected chi connectivity index (χ2v) is 23.0. The van der Waals surface area contributed by atoms with Gasteiger partial charge in [-0.25, -0.2) is 19.2 Å². The lowest BCUT2D eigenvalue weighted by Crippen LogP contribution is -2.48. The van der Waals surface area contributed by atoms with Gasteiger partial charge in [0.1, 0.15) is 34.2 Å². The molecule has 2 heterocycles. The average Bonchev–Trinajstić information content (AvgIpc) is 1.64. The number of alkyl halides is 1. The summed E-state index contributed by atoms with van der Waals surface area (Å²) < 4.78 is 14.3. The van der Waals surface area contributed by atoms with Crippen LogP contribution in [0.3, 0.4) is 0 Å². The van der Waals surface area contributed by atoms with Gasteiger partial charge in [0.15, 0.2) is 18.3 Å². The van der Waals surface area contributed by atoms with E-state index >= 15 is 0 Å². The highest BCUT2D eigenvalue weighted by atomic mass is 35.5. The fraction of sp³-hybridized carbons (Fsp3) is 0.317. The van der Waals surface area contributed by atoms with Crippen LogP contribution in [0, 0.1) is 11.8 Å². The first-order chi connectivity index (χ1) is 44.7. The maximum atomic E-state index is 13.3. The number of hydrogen-bond donors (Lipinski definition) is 10. The van der Waals surface area contributed by atoms with Gasteiger partial charge in [-0.15, -0.1) is 10.2 Å². The van der Waals surface area contributed by atoms with Crippen molar-refractivity contribution in [2.45, 2.75) is 96.6 Å². The lowest BCUT2D eigenvalue weighted by molar-refractivity contribution is -0.161. The highest BCUT2D eigenvalue weighted by Crippen LogP contribution is 2.26. The predicted octanol–water partition coefficient (Wildman–Crippen LogP) is 6.85. The van der Waals surface area contributed by atoms with Crippen LogP contribution < -0.4 is 26.0 Å². The van der Waals surface area contributed by atoms with E-state index in [1.807, 2.05) is 98.8 Å². The number of nitrogens with zero attached hydrogens (tertiary/aromatic N) is 6. The summed E-state index contributed by atoms with van der Waals surface area (Å²) in [5.74, 6) is -5.26. The number of carboxylic acids is 2. The van der Waals surface area contributed by atoms with E-state index in [1.165, 1.54) is 37.4 Å². The van der Waals surface area contributed by atoms with Crippen molar-refractivity contribution in [3.05, 3.63) is 166 Å². The molecule has 6 atom stereocenters. The number of nitrogens with one attached hydrogen (secondary N) is 4. The molecule has 498 valence electrons. The number of aromatic nitrogens is 6. The van der Waals surface area contributed by atoms with Crippen LogP contribution in [0.5, 0.6) is 0 Å². The van der Waals surface area contributed by atoms with Crippen molar-refractivity contribution >= 4 is 106 Å². The summed E-state index contributed by atoms with van der Waals surface area (Å²) in [7, 11) is 0.433. The predicted molar refractivity (Wildman–Crippen MR) is 347 cm³/mol. The van der Waals surface area contributed by atoms with Crippen molar-refractivity contribution in [3.63, 3.8) is 0 Å². The summed E-state index contributed by atoms with van der Waals surface area (Å²) in [6.07, 6.45) is -4.01. The summed E-state index contributed by atoms with van der Waals surface area (Å²) in [5, 5.41) is 84.2. The second kappa shape index (κ2) is 35.6. The molecule has 31 heteroatoms. The van der Waals surface area contributed by atoms with E-state index in [2.05, 4.69) is 51.3 Å². The number of carbonyl (C=O) groups is 7. The minimum absolute atomic E-state index is 0.0466. The molecule has 0 unspecified atom stereocenters. The third-order valence-electron chi connectivity index (χ3n) is 14.1. The van der Waals surface area contributed by atoms with Crippen molar-refractivity contribution in [2.24, 2.45) is 11.8 Å². The average molecular weight is 1360 g/mol. The number of aliphatic hydroxyl groups excluding tert-OH is 2. The van der Waals surface area contributed by atoms with Crippen LogP contribution in [-0.2, 0) is 46.2 Å².